The molecule has 0 aliphatic heterocycles. The van der Waals surface area contributed by atoms with E-state index < -0.39 is 18.2 Å². The molecule has 178 valence electrons. The van der Waals surface area contributed by atoms with Crippen molar-refractivity contribution in [2.24, 2.45) is 17.3 Å². The average Bonchev–Trinajstić information content (AvgIpc) is 2.79. The number of allylic oxidation sites excluding steroid dienone is 3. The SMILES string of the molecule is O=C(O)CCC[C@@H](F)[C@H]1CCCC[C@H]1/C=C/C=C/[C@H](O)C1(CC#Cc2ccccc2)CCC1. The zero-order valence-corrected chi connectivity index (χ0v) is 19.5. The van der Waals surface area contributed by atoms with Gasteiger partial charge in [-0.05, 0) is 62.5 Å². The fraction of sp³-hybridized carbons (Fsp3) is 0.552. The summed E-state index contributed by atoms with van der Waals surface area (Å²) in [5.74, 6) is 5.75. The maximum absolute atomic E-state index is 14.8. The topological polar surface area (TPSA) is 57.5 Å². The summed E-state index contributed by atoms with van der Waals surface area (Å²) in [6, 6.07) is 9.92. The maximum atomic E-state index is 14.8. The van der Waals surface area contributed by atoms with Crippen molar-refractivity contribution in [2.75, 3.05) is 0 Å². The van der Waals surface area contributed by atoms with Gasteiger partial charge in [-0.2, -0.15) is 0 Å². The third kappa shape index (κ3) is 7.57. The van der Waals surface area contributed by atoms with Gasteiger partial charge in [0.25, 0.3) is 0 Å². The predicted molar refractivity (Wildman–Crippen MR) is 130 cm³/mol. The average molecular weight is 453 g/mol. The van der Waals surface area contributed by atoms with Gasteiger partial charge in [-0.1, -0.05) is 73.6 Å². The Balaban J connectivity index is 1.53. The third-order valence-corrected chi connectivity index (χ3v) is 7.40. The lowest BCUT2D eigenvalue weighted by Crippen LogP contribution is -2.40. The third-order valence-electron chi connectivity index (χ3n) is 7.40. The lowest BCUT2D eigenvalue weighted by Gasteiger charge is -2.43. The molecule has 0 spiro atoms. The highest BCUT2D eigenvalue weighted by molar-refractivity contribution is 5.66. The van der Waals surface area contributed by atoms with E-state index >= 15 is 0 Å². The molecule has 4 atom stereocenters. The molecule has 33 heavy (non-hydrogen) atoms. The van der Waals surface area contributed by atoms with E-state index in [4.69, 9.17) is 5.11 Å². The summed E-state index contributed by atoms with van der Waals surface area (Å²) in [6.45, 7) is 0. The normalized spacial score (nSPS) is 24.1. The van der Waals surface area contributed by atoms with Crippen LogP contribution in [0.5, 0.6) is 0 Å². The summed E-state index contributed by atoms with van der Waals surface area (Å²) >= 11 is 0. The van der Waals surface area contributed by atoms with Crippen LogP contribution in [0.2, 0.25) is 0 Å². The molecule has 2 aliphatic carbocycles. The zero-order chi connectivity index (χ0) is 23.5. The molecular formula is C29H37FO3. The molecular weight excluding hydrogens is 415 g/mol. The van der Waals surface area contributed by atoms with E-state index in [0.29, 0.717) is 19.3 Å². The Morgan fingerprint density at radius 1 is 1.15 bits per heavy atom. The summed E-state index contributed by atoms with van der Waals surface area (Å²) in [5.41, 5.74) is 0.837. The summed E-state index contributed by atoms with van der Waals surface area (Å²) in [4.78, 5) is 10.7. The predicted octanol–water partition coefficient (Wildman–Crippen LogP) is 6.47. The number of aliphatic carboxylic acids is 1. The van der Waals surface area contributed by atoms with Crippen molar-refractivity contribution in [1.82, 2.24) is 0 Å². The van der Waals surface area contributed by atoms with Crippen molar-refractivity contribution < 1.29 is 19.4 Å². The van der Waals surface area contributed by atoms with Crippen molar-refractivity contribution in [1.29, 1.82) is 0 Å². The van der Waals surface area contributed by atoms with Crippen molar-refractivity contribution in [3.05, 3.63) is 60.2 Å². The lowest BCUT2D eigenvalue weighted by atomic mass is 9.63. The molecule has 4 heteroatoms. The van der Waals surface area contributed by atoms with E-state index in [0.717, 1.165) is 50.5 Å². The van der Waals surface area contributed by atoms with Crippen LogP contribution < -0.4 is 0 Å². The van der Waals surface area contributed by atoms with E-state index in [9.17, 15) is 14.3 Å². The highest BCUT2D eigenvalue weighted by Gasteiger charge is 2.41. The van der Waals surface area contributed by atoms with Crippen LogP contribution in [-0.2, 0) is 4.79 Å². The minimum atomic E-state index is -0.949. The van der Waals surface area contributed by atoms with Crippen LogP contribution in [0.15, 0.2) is 54.6 Å². The molecule has 0 heterocycles. The number of halogens is 1. The van der Waals surface area contributed by atoms with Crippen LogP contribution in [0.3, 0.4) is 0 Å². The molecule has 2 fully saturated rings. The van der Waals surface area contributed by atoms with Gasteiger partial charge in [-0.3, -0.25) is 4.79 Å². The van der Waals surface area contributed by atoms with Crippen molar-refractivity contribution >= 4 is 5.97 Å². The zero-order valence-electron chi connectivity index (χ0n) is 19.5. The first-order chi connectivity index (χ1) is 16.0. The second-order valence-corrected chi connectivity index (χ2v) is 9.69. The summed E-state index contributed by atoms with van der Waals surface area (Å²) in [7, 11) is 0. The Labute approximate surface area is 197 Å². The molecule has 2 aliphatic rings. The number of benzene rings is 1. The number of aliphatic hydroxyl groups is 1. The Bertz CT molecular complexity index is 860. The number of carbonyl (C=O) groups is 1. The molecule has 0 unspecified atom stereocenters. The van der Waals surface area contributed by atoms with E-state index in [-0.39, 0.29) is 23.7 Å². The van der Waals surface area contributed by atoms with Gasteiger partial charge in [0, 0.05) is 23.8 Å². The van der Waals surface area contributed by atoms with E-state index in [1.165, 1.54) is 0 Å². The molecule has 3 nitrogen and oxygen atoms in total. The minimum absolute atomic E-state index is 0.0335. The van der Waals surface area contributed by atoms with Crippen LogP contribution in [0.1, 0.15) is 76.2 Å². The Morgan fingerprint density at radius 2 is 1.91 bits per heavy atom. The Kier molecular flexibility index (Phi) is 9.76. The molecule has 2 N–H and O–H groups in total. The second kappa shape index (κ2) is 12.8. The number of aliphatic hydroxyl groups excluding tert-OH is 1. The van der Waals surface area contributed by atoms with Gasteiger partial charge in [0.2, 0.25) is 0 Å². The Morgan fingerprint density at radius 3 is 2.61 bits per heavy atom. The highest BCUT2D eigenvalue weighted by atomic mass is 19.1. The molecule has 0 saturated heterocycles. The molecule has 1 aromatic rings. The quantitative estimate of drug-likeness (QED) is 0.316. The smallest absolute Gasteiger partial charge is 0.303 e. The largest absolute Gasteiger partial charge is 0.481 e. The van der Waals surface area contributed by atoms with Gasteiger partial charge >= 0.3 is 5.97 Å². The molecule has 2 saturated carbocycles. The monoisotopic (exact) mass is 452 g/mol. The van der Waals surface area contributed by atoms with Gasteiger partial charge in [0.1, 0.15) is 6.17 Å². The molecule has 0 radical (unpaired) electrons. The van der Waals surface area contributed by atoms with E-state index in [2.05, 4.69) is 17.9 Å². The summed E-state index contributed by atoms with van der Waals surface area (Å²) in [6.07, 6.45) is 14.8. The van der Waals surface area contributed by atoms with E-state index in [1.54, 1.807) is 0 Å². The maximum Gasteiger partial charge on any atom is 0.303 e. The van der Waals surface area contributed by atoms with Crippen LogP contribution in [0.4, 0.5) is 4.39 Å². The first-order valence-corrected chi connectivity index (χ1v) is 12.4. The van der Waals surface area contributed by atoms with Crippen molar-refractivity contribution in [2.45, 2.75) is 82.9 Å². The first kappa shape index (κ1) is 25.2. The number of carboxylic acids is 1. The standard InChI is InChI=1S/C29H37FO3/c30-26(17-8-19-28(32)33)25-16-6-4-14-24(25)15-5-7-18-27(31)29(21-10-22-29)20-9-13-23-11-2-1-3-12-23/h1-3,5,7,11-12,15,18,24-27,31H,4,6,8,10,14,16-17,19-22H2,(H,32,33)/b15-5+,18-7+/t24-,25-,26+,27-/m0/s1. The number of hydrogen-bond acceptors (Lipinski definition) is 2. The van der Waals surface area contributed by atoms with Gasteiger partial charge in [0.15, 0.2) is 0 Å². The molecule has 0 aromatic heterocycles. The Hall–Kier alpha value is -2.38. The highest BCUT2D eigenvalue weighted by Crippen LogP contribution is 2.47. The molecule has 0 amide bonds. The van der Waals surface area contributed by atoms with Crippen LogP contribution in [0, 0.1) is 29.1 Å². The van der Waals surface area contributed by atoms with Crippen LogP contribution >= 0.6 is 0 Å². The summed E-state index contributed by atoms with van der Waals surface area (Å²) < 4.78 is 14.8. The molecule has 1 aromatic carbocycles. The van der Waals surface area contributed by atoms with Gasteiger partial charge in [-0.15, -0.1) is 0 Å². The number of rotatable bonds is 10. The molecule has 3 rings (SSSR count). The van der Waals surface area contributed by atoms with E-state index in [1.807, 2.05) is 48.6 Å². The molecule has 0 bridgehead atoms. The second-order valence-electron chi connectivity index (χ2n) is 9.69. The van der Waals surface area contributed by atoms with Crippen LogP contribution in [-0.4, -0.2) is 28.5 Å². The minimum Gasteiger partial charge on any atom is -0.481 e. The van der Waals surface area contributed by atoms with Gasteiger partial charge in [0.05, 0.1) is 6.10 Å². The van der Waals surface area contributed by atoms with Gasteiger partial charge < -0.3 is 10.2 Å². The van der Waals surface area contributed by atoms with Crippen LogP contribution in [0.25, 0.3) is 0 Å². The fourth-order valence-corrected chi connectivity index (χ4v) is 5.17. The first-order valence-electron chi connectivity index (χ1n) is 12.4. The number of hydrogen-bond donors (Lipinski definition) is 2. The van der Waals surface area contributed by atoms with Crippen molar-refractivity contribution in [3.8, 4) is 11.8 Å². The fourth-order valence-electron chi connectivity index (χ4n) is 5.17. The number of alkyl halides is 1. The number of carboxylic acid groups (broad SMARTS) is 1. The summed E-state index contributed by atoms with van der Waals surface area (Å²) in [5, 5.41) is 19.6. The van der Waals surface area contributed by atoms with Crippen molar-refractivity contribution in [3.63, 3.8) is 0 Å². The lowest BCUT2D eigenvalue weighted by molar-refractivity contribution is -0.137. The van der Waals surface area contributed by atoms with Gasteiger partial charge in [-0.25, -0.2) is 4.39 Å².